The van der Waals surface area contributed by atoms with E-state index >= 15 is 0 Å². The molecule has 0 radical (unpaired) electrons. The predicted molar refractivity (Wildman–Crippen MR) is 74.4 cm³/mol. The summed E-state index contributed by atoms with van der Waals surface area (Å²) in [6.07, 6.45) is -4.32. The number of anilines is 1. The van der Waals surface area contributed by atoms with Gasteiger partial charge >= 0.3 is 6.18 Å². The van der Waals surface area contributed by atoms with E-state index < -0.39 is 17.6 Å². The molecule has 0 fully saturated rings. The van der Waals surface area contributed by atoms with Crippen LogP contribution in [0.15, 0.2) is 18.2 Å². The molecule has 0 saturated heterocycles. The smallest absolute Gasteiger partial charge is 0.360 e. The maximum absolute atomic E-state index is 12.5. The number of halogens is 4. The van der Waals surface area contributed by atoms with E-state index in [1.54, 1.807) is 36.4 Å². The van der Waals surface area contributed by atoms with Crippen LogP contribution < -0.4 is 4.90 Å². The van der Waals surface area contributed by atoms with Gasteiger partial charge in [0.2, 0.25) is 0 Å². The zero-order valence-electron chi connectivity index (χ0n) is 10.2. The largest absolute Gasteiger partial charge is 0.405 e. The van der Waals surface area contributed by atoms with Gasteiger partial charge in [0.1, 0.15) is 6.54 Å². The molecule has 0 bridgehead atoms. The van der Waals surface area contributed by atoms with Gasteiger partial charge in [-0.2, -0.15) is 13.2 Å². The van der Waals surface area contributed by atoms with E-state index in [0.29, 0.717) is 9.26 Å². The number of rotatable bonds is 4. The monoisotopic (exact) mass is 388 g/mol. The van der Waals surface area contributed by atoms with Crippen LogP contribution in [0.4, 0.5) is 24.5 Å². The summed E-state index contributed by atoms with van der Waals surface area (Å²) in [4.78, 5) is 11.3. The summed E-state index contributed by atoms with van der Waals surface area (Å²) in [5.41, 5.74) is 0.211. The summed E-state index contributed by atoms with van der Waals surface area (Å²) in [6.45, 7) is 2.19. The average Bonchev–Trinajstić information content (AvgIpc) is 2.23. The van der Waals surface area contributed by atoms with Crippen molar-refractivity contribution in [2.24, 2.45) is 0 Å². The number of hydrogen-bond acceptors (Lipinski definition) is 3. The lowest BCUT2D eigenvalue weighted by atomic mass is 10.2. The predicted octanol–water partition coefficient (Wildman–Crippen LogP) is 3.98. The van der Waals surface area contributed by atoms with Gasteiger partial charge in [0.25, 0.3) is 5.69 Å². The average molecular weight is 388 g/mol. The minimum atomic E-state index is -4.32. The fourth-order valence-electron chi connectivity index (χ4n) is 1.59. The Balaban J connectivity index is 3.11. The van der Waals surface area contributed by atoms with Crippen LogP contribution in [0, 0.1) is 13.7 Å². The van der Waals surface area contributed by atoms with Crippen LogP contribution in [0.3, 0.4) is 0 Å². The molecule has 0 unspecified atom stereocenters. The highest BCUT2D eigenvalue weighted by atomic mass is 127. The Labute approximate surface area is 121 Å². The molecule has 19 heavy (non-hydrogen) atoms. The zero-order valence-corrected chi connectivity index (χ0v) is 12.4. The first-order valence-electron chi connectivity index (χ1n) is 5.39. The molecule has 8 heteroatoms. The number of nitrogens with zero attached hydrogens (tertiary/aromatic N) is 2. The minimum Gasteiger partial charge on any atom is -0.360 e. The highest BCUT2D eigenvalue weighted by molar-refractivity contribution is 14.1. The van der Waals surface area contributed by atoms with Crippen molar-refractivity contribution < 1.29 is 18.1 Å². The van der Waals surface area contributed by atoms with Crippen molar-refractivity contribution >= 4 is 34.0 Å². The molecule has 0 aromatic heterocycles. The first-order chi connectivity index (χ1) is 8.61. The maximum Gasteiger partial charge on any atom is 0.405 e. The van der Waals surface area contributed by atoms with Crippen molar-refractivity contribution in [3.63, 3.8) is 0 Å². The molecule has 1 aromatic rings. The number of benzene rings is 1. The summed E-state index contributed by atoms with van der Waals surface area (Å²) < 4.78 is 37.8. The molecule has 1 aromatic carbocycles. The van der Waals surface area contributed by atoms with Crippen molar-refractivity contribution in [2.45, 2.75) is 26.1 Å². The van der Waals surface area contributed by atoms with Crippen molar-refractivity contribution in [3.05, 3.63) is 31.9 Å². The second kappa shape index (κ2) is 5.93. The number of alkyl halides is 3. The van der Waals surface area contributed by atoms with E-state index in [2.05, 4.69) is 0 Å². The van der Waals surface area contributed by atoms with Gasteiger partial charge in [0.05, 0.1) is 8.49 Å². The molecule has 0 spiro atoms. The molecule has 4 nitrogen and oxygen atoms in total. The fraction of sp³-hybridized carbons (Fsp3) is 0.455. The number of nitro benzene ring substituents is 1. The third-order valence-electron chi connectivity index (χ3n) is 2.43. The Bertz CT molecular complexity index is 477. The zero-order chi connectivity index (χ0) is 14.8. The van der Waals surface area contributed by atoms with E-state index in [-0.39, 0.29) is 11.7 Å². The lowest BCUT2D eigenvalue weighted by Gasteiger charge is -2.29. The highest BCUT2D eigenvalue weighted by Crippen LogP contribution is 2.29. The Morgan fingerprint density at radius 3 is 2.37 bits per heavy atom. The van der Waals surface area contributed by atoms with Gasteiger partial charge in [-0.1, -0.05) is 0 Å². The standard InChI is InChI=1S/C11H12F3IN2O2/c1-7(2)16(6-11(12,13)14)8-3-4-10(17(18)19)9(15)5-8/h3-5,7H,6H2,1-2H3. The SMILES string of the molecule is CC(C)N(CC(F)(F)F)c1ccc([N+](=O)[O-])c(I)c1. The quantitative estimate of drug-likeness (QED) is 0.446. The Kier molecular flexibility index (Phi) is 4.99. The van der Waals surface area contributed by atoms with E-state index in [1.807, 2.05) is 0 Å². The summed E-state index contributed by atoms with van der Waals surface area (Å²) in [6, 6.07) is 3.60. The molecule has 1 rings (SSSR count). The molecule has 0 saturated carbocycles. The van der Waals surface area contributed by atoms with Crippen LogP contribution in [0.5, 0.6) is 0 Å². The molecule has 106 valence electrons. The normalized spacial score (nSPS) is 11.7. The van der Waals surface area contributed by atoms with Gasteiger partial charge in [-0.05, 0) is 48.6 Å². The summed E-state index contributed by atoms with van der Waals surface area (Å²) in [7, 11) is 0. The van der Waals surface area contributed by atoms with Crippen LogP contribution in [0.2, 0.25) is 0 Å². The highest BCUT2D eigenvalue weighted by Gasteiger charge is 2.32. The van der Waals surface area contributed by atoms with E-state index in [0.717, 1.165) is 4.90 Å². The van der Waals surface area contributed by atoms with Gasteiger partial charge in [-0.15, -0.1) is 0 Å². The van der Waals surface area contributed by atoms with Gasteiger partial charge in [-0.3, -0.25) is 10.1 Å². The van der Waals surface area contributed by atoms with Crippen LogP contribution in [0.25, 0.3) is 0 Å². The first-order valence-corrected chi connectivity index (χ1v) is 6.47. The molecule has 0 aliphatic rings. The van der Waals surface area contributed by atoms with Crippen LogP contribution in [-0.4, -0.2) is 23.7 Å². The molecule has 0 aliphatic carbocycles. The lowest BCUT2D eigenvalue weighted by molar-refractivity contribution is -0.385. The second-order valence-electron chi connectivity index (χ2n) is 4.23. The molecule has 0 heterocycles. The second-order valence-corrected chi connectivity index (χ2v) is 5.39. The Hall–Kier alpha value is -1.06. The van der Waals surface area contributed by atoms with Crippen LogP contribution in [-0.2, 0) is 0 Å². The van der Waals surface area contributed by atoms with Crippen LogP contribution >= 0.6 is 22.6 Å². The first kappa shape index (κ1) is 16.0. The fourth-order valence-corrected chi connectivity index (χ4v) is 2.28. The summed E-state index contributed by atoms with van der Waals surface area (Å²) in [5, 5.41) is 10.7. The van der Waals surface area contributed by atoms with E-state index in [1.165, 1.54) is 18.2 Å². The van der Waals surface area contributed by atoms with E-state index in [9.17, 15) is 23.3 Å². The van der Waals surface area contributed by atoms with Gasteiger partial charge in [0.15, 0.2) is 0 Å². The third-order valence-corrected chi connectivity index (χ3v) is 3.30. The molecule has 0 aliphatic heterocycles. The van der Waals surface area contributed by atoms with Crippen molar-refractivity contribution in [2.75, 3.05) is 11.4 Å². The van der Waals surface area contributed by atoms with Gasteiger partial charge in [0, 0.05) is 17.8 Å². The minimum absolute atomic E-state index is 0.111. The summed E-state index contributed by atoms with van der Waals surface area (Å²) >= 11 is 1.75. The Morgan fingerprint density at radius 2 is 2.00 bits per heavy atom. The third kappa shape index (κ3) is 4.51. The molecular weight excluding hydrogens is 376 g/mol. The summed E-state index contributed by atoms with van der Waals surface area (Å²) in [5.74, 6) is 0. The van der Waals surface area contributed by atoms with Crippen LogP contribution in [0.1, 0.15) is 13.8 Å². The van der Waals surface area contributed by atoms with Gasteiger partial charge in [-0.25, -0.2) is 0 Å². The Morgan fingerprint density at radius 1 is 1.42 bits per heavy atom. The molecule has 0 N–H and O–H groups in total. The van der Waals surface area contributed by atoms with Crippen molar-refractivity contribution in [1.82, 2.24) is 0 Å². The van der Waals surface area contributed by atoms with Crippen molar-refractivity contribution in [3.8, 4) is 0 Å². The lowest BCUT2D eigenvalue weighted by Crippen LogP contribution is -2.39. The van der Waals surface area contributed by atoms with Gasteiger partial charge < -0.3 is 4.90 Å². The topological polar surface area (TPSA) is 46.4 Å². The number of hydrogen-bond donors (Lipinski definition) is 0. The maximum atomic E-state index is 12.5. The van der Waals surface area contributed by atoms with E-state index in [4.69, 9.17) is 0 Å². The van der Waals surface area contributed by atoms with Crippen molar-refractivity contribution in [1.29, 1.82) is 0 Å². The molecular formula is C11H12F3IN2O2. The molecule has 0 amide bonds. The molecule has 0 atom stereocenters. The number of nitro groups is 1.